The Morgan fingerprint density at radius 2 is 2.18 bits per heavy atom. The minimum atomic E-state index is 0. The van der Waals surface area contributed by atoms with Gasteiger partial charge in [0, 0.05) is 40.2 Å². The molecule has 1 aliphatic heterocycles. The fourth-order valence-electron chi connectivity index (χ4n) is 2.77. The maximum absolute atomic E-state index is 12.4. The van der Waals surface area contributed by atoms with Gasteiger partial charge in [0.2, 0.25) is 5.91 Å². The fourth-order valence-corrected chi connectivity index (χ4v) is 4.27. The Bertz CT molecular complexity index is 487. The average molecular weight is 408 g/mol. The van der Waals surface area contributed by atoms with Gasteiger partial charge in [0.15, 0.2) is 0 Å². The Labute approximate surface area is 151 Å². The molecule has 1 aliphatic rings. The van der Waals surface area contributed by atoms with E-state index in [1.165, 1.54) is 11.3 Å². The van der Waals surface area contributed by atoms with Crippen molar-refractivity contribution in [1.29, 1.82) is 0 Å². The van der Waals surface area contributed by atoms with Crippen LogP contribution in [0.3, 0.4) is 0 Å². The van der Waals surface area contributed by atoms with Crippen molar-refractivity contribution in [1.82, 2.24) is 4.90 Å². The quantitative estimate of drug-likeness (QED) is 0.748. The number of hydrogen-bond acceptors (Lipinski definition) is 3. The van der Waals surface area contributed by atoms with Crippen LogP contribution < -0.4 is 5.73 Å². The van der Waals surface area contributed by atoms with Crippen LogP contribution in [0.1, 0.15) is 32.6 Å². The molecule has 0 spiro atoms. The third kappa shape index (κ3) is 5.44. The van der Waals surface area contributed by atoms with Gasteiger partial charge in [-0.2, -0.15) is 0 Å². The van der Waals surface area contributed by atoms with Crippen LogP contribution in [0.25, 0.3) is 0 Å². The van der Waals surface area contributed by atoms with E-state index in [0.29, 0.717) is 6.42 Å². The Morgan fingerprint density at radius 3 is 2.86 bits per heavy atom. The first-order chi connectivity index (χ1) is 10.1. The number of carbonyl (C=O) groups excluding carboxylic acids is 1. The molecule has 0 aromatic heterocycles. The van der Waals surface area contributed by atoms with Gasteiger partial charge in [-0.25, -0.2) is 0 Å². The molecule has 0 saturated carbocycles. The molecular formula is C16H24BrClN2OS. The predicted molar refractivity (Wildman–Crippen MR) is 99.7 cm³/mol. The number of thioether (sulfide) groups is 1. The molecule has 2 rings (SSSR count). The standard InChI is InChI=1S/C16H23BrN2OS.ClH/c1-12(18)14-7-4-5-10-19(14)16(20)9-11-21-15-8-3-2-6-13(15)17;/h2-3,6,8,12,14H,4-5,7,9-11,18H2,1H3;1H. The Hall–Kier alpha value is -0.230. The molecule has 1 amide bonds. The SMILES string of the molecule is CC(N)C1CCCCN1C(=O)CCSc1ccccc1Br.Cl. The van der Waals surface area contributed by atoms with Gasteiger partial charge in [-0.3, -0.25) is 4.79 Å². The Kier molecular flexibility index (Phi) is 8.83. The van der Waals surface area contributed by atoms with Crippen LogP contribution in [0, 0.1) is 0 Å². The van der Waals surface area contributed by atoms with Crippen LogP contribution in [0.4, 0.5) is 0 Å². The van der Waals surface area contributed by atoms with Gasteiger partial charge in [0.05, 0.1) is 0 Å². The summed E-state index contributed by atoms with van der Waals surface area (Å²) in [5, 5.41) is 0. The van der Waals surface area contributed by atoms with Gasteiger partial charge in [-0.05, 0) is 54.2 Å². The number of rotatable bonds is 5. The molecule has 0 radical (unpaired) electrons. The maximum atomic E-state index is 12.4. The molecule has 124 valence electrons. The van der Waals surface area contributed by atoms with E-state index in [9.17, 15) is 4.79 Å². The van der Waals surface area contributed by atoms with E-state index in [1.807, 2.05) is 30.0 Å². The second-order valence-corrected chi connectivity index (χ2v) is 7.53. The molecule has 0 aliphatic carbocycles. The molecule has 2 atom stereocenters. The van der Waals surface area contributed by atoms with Crippen LogP contribution in [0.5, 0.6) is 0 Å². The van der Waals surface area contributed by atoms with Crippen molar-refractivity contribution in [2.45, 2.75) is 49.6 Å². The number of piperidine rings is 1. The van der Waals surface area contributed by atoms with Crippen molar-refractivity contribution >= 4 is 46.0 Å². The lowest BCUT2D eigenvalue weighted by atomic mass is 9.96. The average Bonchev–Trinajstić information content (AvgIpc) is 2.49. The van der Waals surface area contributed by atoms with Gasteiger partial charge in [0.25, 0.3) is 0 Å². The van der Waals surface area contributed by atoms with Crippen molar-refractivity contribution in [3.8, 4) is 0 Å². The third-order valence-electron chi connectivity index (χ3n) is 3.89. The first kappa shape index (κ1) is 19.8. The van der Waals surface area contributed by atoms with E-state index in [2.05, 4.69) is 22.0 Å². The number of carbonyl (C=O) groups is 1. The molecule has 0 bridgehead atoms. The van der Waals surface area contributed by atoms with Crippen LogP contribution in [0.15, 0.2) is 33.6 Å². The van der Waals surface area contributed by atoms with Crippen LogP contribution in [0.2, 0.25) is 0 Å². The van der Waals surface area contributed by atoms with Gasteiger partial charge in [0.1, 0.15) is 0 Å². The van der Waals surface area contributed by atoms with Gasteiger partial charge in [-0.15, -0.1) is 24.2 Å². The summed E-state index contributed by atoms with van der Waals surface area (Å²) in [5.74, 6) is 1.06. The highest BCUT2D eigenvalue weighted by Crippen LogP contribution is 2.28. The van der Waals surface area contributed by atoms with Gasteiger partial charge in [-0.1, -0.05) is 12.1 Å². The largest absolute Gasteiger partial charge is 0.338 e. The van der Waals surface area contributed by atoms with Gasteiger partial charge < -0.3 is 10.6 Å². The molecule has 1 aromatic carbocycles. The lowest BCUT2D eigenvalue weighted by Gasteiger charge is -2.38. The minimum absolute atomic E-state index is 0. The number of hydrogen-bond donors (Lipinski definition) is 1. The predicted octanol–water partition coefficient (Wildman–Crippen LogP) is 4.08. The van der Waals surface area contributed by atoms with Crippen LogP contribution in [-0.4, -0.2) is 35.2 Å². The van der Waals surface area contributed by atoms with Crippen LogP contribution in [-0.2, 0) is 4.79 Å². The lowest BCUT2D eigenvalue weighted by Crippen LogP contribution is -2.51. The highest BCUT2D eigenvalue weighted by atomic mass is 79.9. The smallest absolute Gasteiger partial charge is 0.223 e. The third-order valence-corrected chi connectivity index (χ3v) is 5.92. The second-order valence-electron chi connectivity index (χ2n) is 5.54. The monoisotopic (exact) mass is 406 g/mol. The topological polar surface area (TPSA) is 46.3 Å². The summed E-state index contributed by atoms with van der Waals surface area (Å²) < 4.78 is 1.09. The number of benzene rings is 1. The number of nitrogens with zero attached hydrogens (tertiary/aromatic N) is 1. The minimum Gasteiger partial charge on any atom is -0.338 e. The summed E-state index contributed by atoms with van der Waals surface area (Å²) in [6, 6.07) is 8.41. The maximum Gasteiger partial charge on any atom is 0.223 e. The number of halogens is 2. The molecule has 22 heavy (non-hydrogen) atoms. The van der Waals surface area contributed by atoms with E-state index in [-0.39, 0.29) is 30.4 Å². The zero-order valence-electron chi connectivity index (χ0n) is 12.8. The molecule has 6 heteroatoms. The molecule has 1 saturated heterocycles. The van der Waals surface area contributed by atoms with Crippen molar-refractivity contribution in [3.63, 3.8) is 0 Å². The van der Waals surface area contributed by atoms with E-state index < -0.39 is 0 Å². The zero-order valence-corrected chi connectivity index (χ0v) is 16.1. The van der Waals surface area contributed by atoms with Crippen molar-refractivity contribution in [2.75, 3.05) is 12.3 Å². The molecule has 1 heterocycles. The summed E-state index contributed by atoms with van der Waals surface area (Å²) >= 11 is 5.26. The highest BCUT2D eigenvalue weighted by Gasteiger charge is 2.28. The van der Waals surface area contributed by atoms with Crippen LogP contribution >= 0.6 is 40.1 Å². The normalized spacial score (nSPS) is 19.4. The molecule has 2 N–H and O–H groups in total. The molecule has 3 nitrogen and oxygen atoms in total. The summed E-state index contributed by atoms with van der Waals surface area (Å²) in [5.41, 5.74) is 6.03. The summed E-state index contributed by atoms with van der Waals surface area (Å²) in [6.45, 7) is 2.87. The van der Waals surface area contributed by atoms with Gasteiger partial charge >= 0.3 is 0 Å². The molecule has 1 aromatic rings. The first-order valence-electron chi connectivity index (χ1n) is 7.52. The van der Waals surface area contributed by atoms with E-state index >= 15 is 0 Å². The number of likely N-dealkylation sites (tertiary alicyclic amines) is 1. The fraction of sp³-hybridized carbons (Fsp3) is 0.562. The van der Waals surface area contributed by atoms with E-state index in [4.69, 9.17) is 5.73 Å². The molecule has 2 unspecified atom stereocenters. The van der Waals surface area contributed by atoms with Crippen molar-refractivity contribution < 1.29 is 4.79 Å². The number of amides is 1. The first-order valence-corrected chi connectivity index (χ1v) is 9.30. The van der Waals surface area contributed by atoms with E-state index in [1.54, 1.807) is 11.8 Å². The van der Waals surface area contributed by atoms with Crippen molar-refractivity contribution in [3.05, 3.63) is 28.7 Å². The van der Waals surface area contributed by atoms with Crippen molar-refractivity contribution in [2.24, 2.45) is 5.73 Å². The second kappa shape index (κ2) is 9.81. The lowest BCUT2D eigenvalue weighted by molar-refractivity contribution is -0.134. The highest BCUT2D eigenvalue weighted by molar-refractivity contribution is 9.10. The molecular weight excluding hydrogens is 384 g/mol. The molecule has 1 fully saturated rings. The summed E-state index contributed by atoms with van der Waals surface area (Å²) in [6.07, 6.45) is 3.91. The summed E-state index contributed by atoms with van der Waals surface area (Å²) in [7, 11) is 0. The van der Waals surface area contributed by atoms with E-state index in [0.717, 1.165) is 29.6 Å². The zero-order chi connectivity index (χ0) is 15.2. The Balaban J connectivity index is 0.00000242. The number of nitrogens with two attached hydrogens (primary N) is 1. The Morgan fingerprint density at radius 1 is 1.45 bits per heavy atom. The summed E-state index contributed by atoms with van der Waals surface area (Å²) in [4.78, 5) is 15.6.